The zero-order chi connectivity index (χ0) is 93.3. The fourth-order valence-electron chi connectivity index (χ4n) is 23.7. The Morgan fingerprint density at radius 3 is 0.843 bits per heavy atom. The van der Waals surface area contributed by atoms with E-state index in [1.54, 1.807) is 0 Å². The molecule has 0 fully saturated rings. The molecule has 0 saturated heterocycles. The Morgan fingerprint density at radius 1 is 0.257 bits per heavy atom. The molecule has 140 heavy (non-hydrogen) atoms. The third-order valence-corrected chi connectivity index (χ3v) is 30.5. The minimum Gasteiger partial charge on any atom is -0.340 e. The summed E-state index contributed by atoms with van der Waals surface area (Å²) >= 11 is 0. The number of benzene rings is 20. The van der Waals surface area contributed by atoms with Crippen molar-refractivity contribution >= 4 is 97.0 Å². The summed E-state index contributed by atoms with van der Waals surface area (Å²) in [7, 11) is 0. The van der Waals surface area contributed by atoms with Gasteiger partial charge in [0.25, 0.3) is 0 Å². The number of hydrogen-bond donors (Lipinski definition) is 0. The van der Waals surface area contributed by atoms with Crippen molar-refractivity contribution in [1.29, 1.82) is 0 Å². The molecule has 3 aromatic heterocycles. The van der Waals surface area contributed by atoms with Crippen molar-refractivity contribution in [3.63, 3.8) is 0 Å². The minimum atomic E-state index is -0.184. The van der Waals surface area contributed by atoms with Gasteiger partial charge in [0, 0.05) is 115 Å². The molecule has 0 bridgehead atoms. The smallest absolute Gasteiger partial charge is 0.0602 e. The van der Waals surface area contributed by atoms with Crippen molar-refractivity contribution in [2.75, 3.05) is 0 Å². The van der Waals surface area contributed by atoms with Gasteiger partial charge in [0.05, 0.1) is 17.5 Å². The number of rotatable bonds is 11. The van der Waals surface area contributed by atoms with Crippen LogP contribution in [0.15, 0.2) is 365 Å². The monoisotopic (exact) mass is 2340 g/mol. The molecule has 23 aromatic rings. The Morgan fingerprint density at radius 2 is 0.529 bits per heavy atom. The topological polar surface area (TPSA) is 53.5 Å². The molecule has 26 rings (SSSR count). The Hall–Kier alpha value is -13.7. The van der Waals surface area contributed by atoms with E-state index in [4.69, 9.17) is 15.0 Å². The third kappa shape index (κ3) is 14.7. The van der Waals surface area contributed by atoms with Crippen LogP contribution < -0.4 is 0 Å². The molecular weight excluding hydrogens is 2230 g/mol. The van der Waals surface area contributed by atoms with Crippen molar-refractivity contribution in [3.05, 3.63) is 444 Å². The second kappa shape index (κ2) is 35.9. The summed E-state index contributed by atoms with van der Waals surface area (Å²) in [5, 5.41) is 23.6. The molecule has 20 aromatic carbocycles. The zero-order valence-corrected chi connectivity index (χ0v) is 88.2. The largest absolute Gasteiger partial charge is 0.340 e. The fraction of sp³-hybridized carbons (Fsp3) is 0.153. The molecule has 3 heterocycles. The molecule has 0 amide bonds. The molecule has 0 N–H and O–H groups in total. The Labute approximate surface area is 860 Å². The Kier molecular flexibility index (Phi) is 23.8. The third-order valence-electron chi connectivity index (χ3n) is 30.5. The van der Waals surface area contributed by atoms with E-state index in [0.29, 0.717) is 17.8 Å². The summed E-state index contributed by atoms with van der Waals surface area (Å²) in [6, 6.07) is 132. The normalized spacial score (nSPS) is 13.3. The van der Waals surface area contributed by atoms with Gasteiger partial charge >= 0.3 is 0 Å². The van der Waals surface area contributed by atoms with Crippen LogP contribution in [-0.2, 0) is 76.6 Å². The number of aromatic nitrogens is 6. The molecule has 0 atom stereocenters. The molecule has 0 aliphatic heterocycles. The zero-order valence-electron chi connectivity index (χ0n) is 81.1. The van der Waals surface area contributed by atoms with Gasteiger partial charge in [-0.3, -0.25) is 15.0 Å². The maximum absolute atomic E-state index is 5.02. The number of fused-ring (bicyclic) bond motifs is 30. The predicted octanol–water partition coefficient (Wildman–Crippen LogP) is 34.6. The van der Waals surface area contributed by atoms with Crippen LogP contribution in [-0.4, -0.2) is 28.7 Å². The van der Waals surface area contributed by atoms with E-state index in [1.165, 1.54) is 225 Å². The maximum atomic E-state index is 5.02. The summed E-state index contributed by atoms with van der Waals surface area (Å²) in [5.41, 5.74) is 33.4. The first-order chi connectivity index (χ1) is 66.6. The average molecular weight is 2340 g/mol. The van der Waals surface area contributed by atoms with Crippen LogP contribution >= 0.6 is 0 Å². The van der Waals surface area contributed by atoms with Crippen LogP contribution in [0.2, 0.25) is 0 Å². The minimum absolute atomic E-state index is 0. The van der Waals surface area contributed by atoms with E-state index < -0.39 is 0 Å². The van der Waals surface area contributed by atoms with Crippen molar-refractivity contribution in [2.45, 2.75) is 131 Å². The molecule has 0 spiro atoms. The number of aryl methyl sites for hydroxylation is 2. The second-order valence-electron chi connectivity index (χ2n) is 40.5. The first kappa shape index (κ1) is 92.7. The van der Waals surface area contributed by atoms with Crippen molar-refractivity contribution in [3.8, 4) is 107 Å². The van der Waals surface area contributed by atoms with E-state index in [9.17, 15) is 0 Å². The summed E-state index contributed by atoms with van der Waals surface area (Å²) in [5.74, 6) is 3.92. The van der Waals surface area contributed by atoms with Crippen LogP contribution in [0.5, 0.6) is 0 Å². The Bertz CT molecular complexity index is 8770. The maximum Gasteiger partial charge on any atom is 0.0602 e. The number of hydrogen-bond acceptors (Lipinski definition) is 3. The molecule has 689 valence electrons. The summed E-state index contributed by atoms with van der Waals surface area (Å²) < 4.78 is 6.73. The first-order valence-corrected chi connectivity index (χ1v) is 48.5. The summed E-state index contributed by atoms with van der Waals surface area (Å²) in [6.45, 7) is 32.2. The molecule has 3 radical (unpaired) electrons. The van der Waals surface area contributed by atoms with Crippen LogP contribution in [0.25, 0.3) is 204 Å². The average Bonchev–Trinajstić information content (AvgIpc) is 1.53. The molecule has 0 saturated carbocycles. The fourth-order valence-corrected chi connectivity index (χ4v) is 23.7. The quantitative estimate of drug-likeness (QED) is 0.0958. The van der Waals surface area contributed by atoms with Gasteiger partial charge < -0.3 is 13.7 Å². The molecule has 3 aliphatic rings. The van der Waals surface area contributed by atoms with Gasteiger partial charge in [0.2, 0.25) is 0 Å². The van der Waals surface area contributed by atoms with Crippen molar-refractivity contribution in [2.24, 2.45) is 0 Å². The van der Waals surface area contributed by atoms with Crippen molar-refractivity contribution < 1.29 is 60.3 Å². The van der Waals surface area contributed by atoms with Gasteiger partial charge in [-0.15, -0.1) is 88.0 Å². The first-order valence-electron chi connectivity index (χ1n) is 48.5. The Balaban J connectivity index is 0.000000124. The number of imidazole rings is 3. The SMILES string of the molecule is CC(C)c1cc(-c2ccccc2)cc(C(C)C)c1-n1ccnc1-c1[c-]cc2c(c1)C(C)(C)c1ccc3c4ccccc4c4ccccc4c3c1-2.CC(C)c1ccc(-n2ccnc2-c2[c-]cc3c(c2)C(C)(C)c2ccc4c5ccccc5c5ccccc5c4c2-3)cc1.Cc1cc(-c2ccccc2)cc(C)c1-n1ccnc1-c1[c-]cc2c(c1)C(C)(C)c1ccc3c4ccccc4c4ccccc4c3c1-2.[Ir].[Ir].[Ir]. The summed E-state index contributed by atoms with van der Waals surface area (Å²) in [4.78, 5) is 14.7. The van der Waals surface area contributed by atoms with E-state index >= 15 is 0 Å². The van der Waals surface area contributed by atoms with Crippen molar-refractivity contribution in [1.82, 2.24) is 28.7 Å². The van der Waals surface area contributed by atoms with E-state index in [2.05, 4.69) is 469 Å². The molecule has 9 heteroatoms. The van der Waals surface area contributed by atoms with E-state index in [1.807, 2.05) is 24.8 Å². The second-order valence-corrected chi connectivity index (χ2v) is 40.5. The van der Waals surface area contributed by atoms with Crippen LogP contribution in [0.1, 0.15) is 162 Å². The molecule has 6 nitrogen and oxygen atoms in total. The van der Waals surface area contributed by atoms with Gasteiger partial charge in [0.15, 0.2) is 0 Å². The van der Waals surface area contributed by atoms with Gasteiger partial charge in [-0.05, 0) is 265 Å². The molecule has 0 unspecified atom stereocenters. The predicted molar refractivity (Wildman–Crippen MR) is 576 cm³/mol. The van der Waals surface area contributed by atoms with E-state index in [0.717, 1.165) is 39.9 Å². The number of nitrogens with zero attached hydrogens (tertiary/aromatic N) is 6. The standard InChI is InChI=1S/C48H41N2.C44H33N2.C39H31N2.3Ir/c1-29(2)40-26-33(31-14-8-7-9-15-31)27-41(30(3)4)46(40)50-25-24-49-47(50)32-20-21-39-43(28-32)48(5,6)42-23-22-38-36-18-11-10-16-34(36)35-17-12-13-19-37(35)44(38)45(39)42;1-27-24-31(29-12-6-5-7-13-29)25-28(2)42(27)46-23-22-45-43(46)30-18-19-37-39(26-30)44(3,4)38-21-20-36-34-16-9-8-14-32(34)33-15-10-11-17-35(33)40(36)41(37)38;1-24(2)25-13-16-27(17-14-25)41-22-21-40-38(41)26-15-18-33-35(23-26)39(3,4)34-20-19-32-30-11-6-5-9-28(30)29-10-7-8-12-31(29)36(32)37(33)34;;;/h7-19,21-30H,1-6H3;5-17,19-26H,1-4H3;5-14,16-24H,1-4H3;;;/q3*-1;;;. The van der Waals surface area contributed by atoms with Gasteiger partial charge in [-0.25, -0.2) is 0 Å². The van der Waals surface area contributed by atoms with E-state index in [-0.39, 0.29) is 76.6 Å². The van der Waals surface area contributed by atoms with Crippen LogP contribution in [0.4, 0.5) is 0 Å². The summed E-state index contributed by atoms with van der Waals surface area (Å²) in [6.07, 6.45) is 12.0. The van der Waals surface area contributed by atoms with Gasteiger partial charge in [-0.2, -0.15) is 0 Å². The molecule has 3 aliphatic carbocycles. The van der Waals surface area contributed by atoms with Crippen LogP contribution in [0, 0.1) is 32.0 Å². The van der Waals surface area contributed by atoms with Crippen LogP contribution in [0.3, 0.4) is 0 Å². The van der Waals surface area contributed by atoms with Gasteiger partial charge in [-0.1, -0.05) is 355 Å². The molecular formula is C131H105Ir3N6-3. The van der Waals surface area contributed by atoms with Gasteiger partial charge in [0.1, 0.15) is 0 Å².